The molecule has 0 bridgehead atoms. The van der Waals surface area contributed by atoms with Gasteiger partial charge in [0.15, 0.2) is 0 Å². The molecule has 4 nitrogen and oxygen atoms in total. The number of hydrogen-bond acceptors (Lipinski definition) is 4. The van der Waals surface area contributed by atoms with E-state index >= 15 is 0 Å². The van der Waals surface area contributed by atoms with Gasteiger partial charge in [-0.25, -0.2) is 0 Å². The molecule has 4 heteroatoms. The molecule has 2 N–H and O–H groups in total. The Morgan fingerprint density at radius 2 is 1.93 bits per heavy atom. The molecule has 0 saturated carbocycles. The highest BCUT2D eigenvalue weighted by Crippen LogP contribution is 2.15. The van der Waals surface area contributed by atoms with Crippen molar-refractivity contribution in [2.75, 3.05) is 46.4 Å². The van der Waals surface area contributed by atoms with Crippen molar-refractivity contribution in [2.24, 2.45) is 5.73 Å². The summed E-state index contributed by atoms with van der Waals surface area (Å²) in [6.45, 7) is 6.08. The van der Waals surface area contributed by atoms with Crippen LogP contribution in [0.1, 0.15) is 6.42 Å². The van der Waals surface area contributed by atoms with Crippen molar-refractivity contribution in [2.45, 2.75) is 18.5 Å². The molecule has 2 atom stereocenters. The van der Waals surface area contributed by atoms with E-state index in [2.05, 4.69) is 16.8 Å². The molecule has 2 unspecified atom stereocenters. The summed E-state index contributed by atoms with van der Waals surface area (Å²) in [5.41, 5.74) is 6.16. The molecule has 2 saturated heterocycles. The highest BCUT2D eigenvalue weighted by atomic mass is 16.5. The van der Waals surface area contributed by atoms with Crippen LogP contribution >= 0.6 is 0 Å². The summed E-state index contributed by atoms with van der Waals surface area (Å²) >= 11 is 0. The van der Waals surface area contributed by atoms with E-state index in [1.165, 1.54) is 0 Å². The van der Waals surface area contributed by atoms with Crippen molar-refractivity contribution in [3.63, 3.8) is 0 Å². The summed E-state index contributed by atoms with van der Waals surface area (Å²) in [5, 5.41) is 0. The van der Waals surface area contributed by atoms with Gasteiger partial charge in [-0.2, -0.15) is 0 Å². The van der Waals surface area contributed by atoms with Gasteiger partial charge >= 0.3 is 0 Å². The molecule has 0 aromatic heterocycles. The number of nitrogens with two attached hydrogens (primary N) is 1. The van der Waals surface area contributed by atoms with Crippen LogP contribution in [0.15, 0.2) is 0 Å². The van der Waals surface area contributed by atoms with E-state index in [4.69, 9.17) is 10.5 Å². The maximum atomic E-state index is 6.16. The number of rotatable bonds is 1. The predicted molar refractivity (Wildman–Crippen MR) is 56.3 cm³/mol. The quantitative estimate of drug-likeness (QED) is 0.609. The summed E-state index contributed by atoms with van der Waals surface area (Å²) in [4.78, 5) is 4.87. The fourth-order valence-electron chi connectivity index (χ4n) is 2.40. The lowest BCUT2D eigenvalue weighted by Gasteiger charge is -2.43. The Hall–Kier alpha value is -0.160. The molecule has 2 aliphatic rings. The first-order valence-corrected chi connectivity index (χ1v) is 5.53. The molecular formula is C10H21N3O. The minimum absolute atomic E-state index is 0.351. The fourth-order valence-corrected chi connectivity index (χ4v) is 2.40. The number of piperidine rings is 1. The van der Waals surface area contributed by atoms with E-state index in [9.17, 15) is 0 Å². The zero-order chi connectivity index (χ0) is 9.97. The molecule has 0 aromatic rings. The van der Waals surface area contributed by atoms with Crippen molar-refractivity contribution in [1.82, 2.24) is 9.80 Å². The van der Waals surface area contributed by atoms with E-state index < -0.39 is 0 Å². The zero-order valence-corrected chi connectivity index (χ0v) is 8.98. The van der Waals surface area contributed by atoms with Gasteiger partial charge in [-0.15, -0.1) is 0 Å². The first-order chi connectivity index (χ1) is 6.77. The third-order valence-electron chi connectivity index (χ3n) is 3.35. The van der Waals surface area contributed by atoms with E-state index in [-0.39, 0.29) is 0 Å². The summed E-state index contributed by atoms with van der Waals surface area (Å²) in [5.74, 6) is 0. The van der Waals surface area contributed by atoms with Gasteiger partial charge in [-0.1, -0.05) is 0 Å². The molecule has 0 aromatic carbocycles. The Morgan fingerprint density at radius 1 is 1.21 bits per heavy atom. The Morgan fingerprint density at radius 3 is 2.64 bits per heavy atom. The molecule has 82 valence electrons. The number of hydrogen-bond donors (Lipinski definition) is 1. The lowest BCUT2D eigenvalue weighted by molar-refractivity contribution is -0.00533. The molecule has 2 fully saturated rings. The third-order valence-corrected chi connectivity index (χ3v) is 3.35. The molecule has 2 rings (SSSR count). The monoisotopic (exact) mass is 199 g/mol. The molecule has 2 heterocycles. The van der Waals surface area contributed by atoms with Crippen LogP contribution in [0.5, 0.6) is 0 Å². The maximum Gasteiger partial charge on any atom is 0.0594 e. The van der Waals surface area contributed by atoms with Gasteiger partial charge in [0.25, 0.3) is 0 Å². The van der Waals surface area contributed by atoms with Gasteiger partial charge in [-0.3, -0.25) is 4.90 Å². The van der Waals surface area contributed by atoms with Gasteiger partial charge in [0.2, 0.25) is 0 Å². The third kappa shape index (κ3) is 2.25. The number of nitrogens with zero attached hydrogens (tertiary/aromatic N) is 2. The highest BCUT2D eigenvalue weighted by molar-refractivity contribution is 4.89. The van der Waals surface area contributed by atoms with Crippen LogP contribution in [0.2, 0.25) is 0 Å². The van der Waals surface area contributed by atoms with E-state index in [1.54, 1.807) is 0 Å². The topological polar surface area (TPSA) is 41.7 Å². The summed E-state index contributed by atoms with van der Waals surface area (Å²) in [7, 11) is 2.18. The van der Waals surface area contributed by atoms with Gasteiger partial charge in [0, 0.05) is 31.7 Å². The lowest BCUT2D eigenvalue weighted by Crippen LogP contribution is -2.59. The number of likely N-dealkylation sites (N-methyl/N-ethyl adjacent to an activating group) is 1. The van der Waals surface area contributed by atoms with Crippen LogP contribution < -0.4 is 5.73 Å². The van der Waals surface area contributed by atoms with Crippen LogP contribution in [0.4, 0.5) is 0 Å². The Bertz CT molecular complexity index is 182. The minimum Gasteiger partial charge on any atom is -0.379 e. The van der Waals surface area contributed by atoms with Crippen LogP contribution in [0.25, 0.3) is 0 Å². The molecule has 14 heavy (non-hydrogen) atoms. The molecular weight excluding hydrogens is 178 g/mol. The van der Waals surface area contributed by atoms with Crippen molar-refractivity contribution in [1.29, 1.82) is 0 Å². The Kier molecular flexibility index (Phi) is 3.38. The van der Waals surface area contributed by atoms with Crippen LogP contribution in [0, 0.1) is 0 Å². The standard InChI is InChI=1S/C10H21N3O/c1-12-3-2-9(11)10(8-12)13-4-6-14-7-5-13/h9-10H,2-8,11H2,1H3. The van der Waals surface area contributed by atoms with Crippen molar-refractivity contribution >= 4 is 0 Å². The molecule has 0 amide bonds. The van der Waals surface area contributed by atoms with Crippen LogP contribution in [-0.2, 0) is 4.74 Å². The average molecular weight is 199 g/mol. The molecule has 0 radical (unpaired) electrons. The maximum absolute atomic E-state index is 6.16. The summed E-state index contributed by atoms with van der Waals surface area (Å²) in [6.07, 6.45) is 1.12. The highest BCUT2D eigenvalue weighted by Gasteiger charge is 2.30. The smallest absolute Gasteiger partial charge is 0.0594 e. The normalized spacial score (nSPS) is 37.3. The molecule has 2 aliphatic heterocycles. The van der Waals surface area contributed by atoms with Gasteiger partial charge < -0.3 is 15.4 Å². The van der Waals surface area contributed by atoms with Crippen LogP contribution in [0.3, 0.4) is 0 Å². The predicted octanol–water partition coefficient (Wildman–Crippen LogP) is -0.650. The van der Waals surface area contributed by atoms with Crippen molar-refractivity contribution in [3.05, 3.63) is 0 Å². The number of likely N-dealkylation sites (tertiary alicyclic amines) is 1. The first kappa shape index (κ1) is 10.4. The molecule has 0 aliphatic carbocycles. The fraction of sp³-hybridized carbons (Fsp3) is 1.00. The van der Waals surface area contributed by atoms with E-state index in [0.717, 1.165) is 45.8 Å². The summed E-state index contributed by atoms with van der Waals surface area (Å²) < 4.78 is 5.36. The van der Waals surface area contributed by atoms with Crippen molar-refractivity contribution < 1.29 is 4.74 Å². The van der Waals surface area contributed by atoms with E-state index in [0.29, 0.717) is 12.1 Å². The second kappa shape index (κ2) is 4.57. The first-order valence-electron chi connectivity index (χ1n) is 5.53. The largest absolute Gasteiger partial charge is 0.379 e. The van der Waals surface area contributed by atoms with Gasteiger partial charge in [-0.05, 0) is 20.0 Å². The molecule has 0 spiro atoms. The second-order valence-electron chi connectivity index (χ2n) is 4.43. The van der Waals surface area contributed by atoms with E-state index in [1.807, 2.05) is 0 Å². The Balaban J connectivity index is 1.92. The lowest BCUT2D eigenvalue weighted by atomic mass is 9.99. The number of ether oxygens (including phenoxy) is 1. The minimum atomic E-state index is 0.351. The average Bonchev–Trinajstić information content (AvgIpc) is 2.23. The second-order valence-corrected chi connectivity index (χ2v) is 4.43. The summed E-state index contributed by atoms with van der Waals surface area (Å²) in [6, 6.07) is 0.891. The van der Waals surface area contributed by atoms with Gasteiger partial charge in [0.1, 0.15) is 0 Å². The SMILES string of the molecule is CN1CCC(N)C(N2CCOCC2)C1. The zero-order valence-electron chi connectivity index (χ0n) is 8.98. The van der Waals surface area contributed by atoms with Crippen LogP contribution in [-0.4, -0.2) is 68.3 Å². The van der Waals surface area contributed by atoms with Crippen molar-refractivity contribution in [3.8, 4) is 0 Å². The van der Waals surface area contributed by atoms with Gasteiger partial charge in [0.05, 0.1) is 13.2 Å². The number of morpholine rings is 1. The Labute approximate surface area is 86.0 Å².